The molecule has 0 fully saturated rings. The van der Waals surface area contributed by atoms with E-state index in [2.05, 4.69) is 19.2 Å². The molecule has 1 unspecified atom stereocenters. The van der Waals surface area contributed by atoms with Crippen molar-refractivity contribution in [1.82, 2.24) is 5.32 Å². The fourth-order valence-electron chi connectivity index (χ4n) is 1.28. The van der Waals surface area contributed by atoms with Crippen LogP contribution in [0.4, 0.5) is 0 Å². The third-order valence-electron chi connectivity index (χ3n) is 2.51. The predicted octanol–water partition coefficient (Wildman–Crippen LogP) is 4.13. The van der Waals surface area contributed by atoms with Crippen molar-refractivity contribution in [3.63, 3.8) is 0 Å². The van der Waals surface area contributed by atoms with E-state index in [1.165, 1.54) is 6.42 Å². The Morgan fingerprint density at radius 1 is 1.33 bits per heavy atom. The van der Waals surface area contributed by atoms with Crippen LogP contribution >= 0.6 is 23.2 Å². The van der Waals surface area contributed by atoms with Crippen molar-refractivity contribution in [3.05, 3.63) is 33.8 Å². The summed E-state index contributed by atoms with van der Waals surface area (Å²) in [6.07, 6.45) is 1.19. The second-order valence-electron chi connectivity index (χ2n) is 3.88. The number of benzene rings is 1. The van der Waals surface area contributed by atoms with Gasteiger partial charge in [-0.15, -0.1) is 0 Å². The standard InChI is InChI=1S/C12H17Cl2N/c1-3-9(2)7-15-8-10-6-11(13)4-5-12(10)14/h4-6,9,15H,3,7-8H2,1-2H3. The van der Waals surface area contributed by atoms with E-state index in [-0.39, 0.29) is 0 Å². The molecule has 0 aliphatic carbocycles. The molecule has 0 aromatic heterocycles. The summed E-state index contributed by atoms with van der Waals surface area (Å²) in [7, 11) is 0. The van der Waals surface area contributed by atoms with Crippen LogP contribution in [0.1, 0.15) is 25.8 Å². The minimum Gasteiger partial charge on any atom is -0.312 e. The van der Waals surface area contributed by atoms with Gasteiger partial charge in [0.1, 0.15) is 0 Å². The van der Waals surface area contributed by atoms with Gasteiger partial charge in [-0.1, -0.05) is 43.5 Å². The van der Waals surface area contributed by atoms with Crippen LogP contribution in [0.25, 0.3) is 0 Å². The average Bonchev–Trinajstić information content (AvgIpc) is 2.23. The molecule has 0 aliphatic rings. The van der Waals surface area contributed by atoms with Gasteiger partial charge in [-0.3, -0.25) is 0 Å². The number of hydrogen-bond donors (Lipinski definition) is 1. The lowest BCUT2D eigenvalue weighted by molar-refractivity contribution is 0.500. The Hall–Kier alpha value is -0.240. The molecule has 0 saturated heterocycles. The molecule has 1 atom stereocenters. The summed E-state index contributed by atoms with van der Waals surface area (Å²) in [4.78, 5) is 0. The third kappa shape index (κ3) is 4.42. The second-order valence-corrected chi connectivity index (χ2v) is 4.72. The lowest BCUT2D eigenvalue weighted by Crippen LogP contribution is -2.20. The smallest absolute Gasteiger partial charge is 0.0451 e. The third-order valence-corrected chi connectivity index (χ3v) is 3.12. The fraction of sp³-hybridized carbons (Fsp3) is 0.500. The molecule has 0 amide bonds. The van der Waals surface area contributed by atoms with Gasteiger partial charge >= 0.3 is 0 Å². The van der Waals surface area contributed by atoms with E-state index in [0.717, 1.165) is 28.7 Å². The van der Waals surface area contributed by atoms with E-state index in [9.17, 15) is 0 Å². The number of halogens is 2. The molecule has 84 valence electrons. The van der Waals surface area contributed by atoms with Crippen LogP contribution in [0, 0.1) is 5.92 Å². The Labute approximate surface area is 102 Å². The Bertz CT molecular complexity index is 312. The van der Waals surface area contributed by atoms with E-state index in [1.54, 1.807) is 0 Å². The maximum Gasteiger partial charge on any atom is 0.0451 e. The minimum absolute atomic E-state index is 0.697. The van der Waals surface area contributed by atoms with Crippen LogP contribution in [0.15, 0.2) is 18.2 Å². The van der Waals surface area contributed by atoms with E-state index < -0.39 is 0 Å². The van der Waals surface area contributed by atoms with Crippen molar-refractivity contribution < 1.29 is 0 Å². The molecule has 0 aliphatic heterocycles. The van der Waals surface area contributed by atoms with E-state index in [1.807, 2.05) is 18.2 Å². The Balaban J connectivity index is 2.46. The Morgan fingerprint density at radius 3 is 2.73 bits per heavy atom. The van der Waals surface area contributed by atoms with Gasteiger partial charge in [0.25, 0.3) is 0 Å². The molecule has 1 aromatic carbocycles. The highest BCUT2D eigenvalue weighted by molar-refractivity contribution is 6.33. The van der Waals surface area contributed by atoms with Crippen LogP contribution in [0.2, 0.25) is 10.0 Å². The topological polar surface area (TPSA) is 12.0 Å². The average molecular weight is 246 g/mol. The van der Waals surface area contributed by atoms with Gasteiger partial charge < -0.3 is 5.32 Å². The Morgan fingerprint density at radius 2 is 2.07 bits per heavy atom. The maximum absolute atomic E-state index is 6.05. The van der Waals surface area contributed by atoms with Crippen LogP contribution in [-0.2, 0) is 6.54 Å². The van der Waals surface area contributed by atoms with Gasteiger partial charge in [0.05, 0.1) is 0 Å². The lowest BCUT2D eigenvalue weighted by atomic mass is 10.1. The zero-order valence-corrected chi connectivity index (χ0v) is 10.7. The van der Waals surface area contributed by atoms with Gasteiger partial charge in [-0.2, -0.15) is 0 Å². The molecule has 0 radical (unpaired) electrons. The van der Waals surface area contributed by atoms with Crippen molar-refractivity contribution in [3.8, 4) is 0 Å². The monoisotopic (exact) mass is 245 g/mol. The zero-order chi connectivity index (χ0) is 11.3. The first-order valence-electron chi connectivity index (χ1n) is 5.28. The lowest BCUT2D eigenvalue weighted by Gasteiger charge is -2.11. The Kier molecular flexibility index (Phi) is 5.44. The van der Waals surface area contributed by atoms with Crippen LogP contribution in [0.3, 0.4) is 0 Å². The molecule has 1 nitrogen and oxygen atoms in total. The highest BCUT2D eigenvalue weighted by atomic mass is 35.5. The highest BCUT2D eigenvalue weighted by Gasteiger charge is 2.02. The molecule has 0 heterocycles. The van der Waals surface area contributed by atoms with Crippen molar-refractivity contribution in [2.75, 3.05) is 6.54 Å². The first kappa shape index (κ1) is 12.8. The zero-order valence-electron chi connectivity index (χ0n) is 9.19. The fourth-order valence-corrected chi connectivity index (χ4v) is 1.66. The van der Waals surface area contributed by atoms with Gasteiger partial charge in [0.2, 0.25) is 0 Å². The van der Waals surface area contributed by atoms with Crippen LogP contribution in [-0.4, -0.2) is 6.54 Å². The molecular formula is C12H17Cl2N. The number of nitrogens with one attached hydrogen (secondary N) is 1. The van der Waals surface area contributed by atoms with Gasteiger partial charge in [0.15, 0.2) is 0 Å². The van der Waals surface area contributed by atoms with Crippen molar-refractivity contribution >= 4 is 23.2 Å². The minimum atomic E-state index is 0.697. The van der Waals surface area contributed by atoms with Gasteiger partial charge in [-0.05, 0) is 36.2 Å². The largest absolute Gasteiger partial charge is 0.312 e. The van der Waals surface area contributed by atoms with E-state index in [0.29, 0.717) is 5.92 Å². The molecule has 1 aromatic rings. The summed E-state index contributed by atoms with van der Waals surface area (Å²) in [5.74, 6) is 0.697. The first-order valence-corrected chi connectivity index (χ1v) is 6.03. The van der Waals surface area contributed by atoms with Crippen molar-refractivity contribution in [2.24, 2.45) is 5.92 Å². The quantitative estimate of drug-likeness (QED) is 0.823. The van der Waals surface area contributed by atoms with Crippen molar-refractivity contribution in [2.45, 2.75) is 26.8 Å². The summed E-state index contributed by atoms with van der Waals surface area (Å²) >= 11 is 11.9. The predicted molar refractivity (Wildman–Crippen MR) is 67.6 cm³/mol. The molecule has 3 heteroatoms. The molecule has 0 spiro atoms. The molecule has 0 saturated carbocycles. The summed E-state index contributed by atoms with van der Waals surface area (Å²) in [5, 5.41) is 4.89. The molecular weight excluding hydrogens is 229 g/mol. The summed E-state index contributed by atoms with van der Waals surface area (Å²) < 4.78 is 0. The van der Waals surface area contributed by atoms with E-state index in [4.69, 9.17) is 23.2 Å². The van der Waals surface area contributed by atoms with Crippen LogP contribution < -0.4 is 5.32 Å². The van der Waals surface area contributed by atoms with E-state index >= 15 is 0 Å². The number of hydrogen-bond acceptors (Lipinski definition) is 1. The van der Waals surface area contributed by atoms with Gasteiger partial charge in [-0.25, -0.2) is 0 Å². The van der Waals surface area contributed by atoms with Gasteiger partial charge in [0, 0.05) is 16.6 Å². The molecule has 1 rings (SSSR count). The summed E-state index contributed by atoms with van der Waals surface area (Å²) in [5.41, 5.74) is 1.06. The second kappa shape index (κ2) is 6.37. The molecule has 0 bridgehead atoms. The van der Waals surface area contributed by atoms with Crippen molar-refractivity contribution in [1.29, 1.82) is 0 Å². The molecule has 1 N–H and O–H groups in total. The highest BCUT2D eigenvalue weighted by Crippen LogP contribution is 2.20. The maximum atomic E-state index is 6.05. The number of rotatable bonds is 5. The van der Waals surface area contributed by atoms with Crippen LogP contribution in [0.5, 0.6) is 0 Å². The first-order chi connectivity index (χ1) is 7.13. The molecule has 15 heavy (non-hydrogen) atoms. The SMILES string of the molecule is CCC(C)CNCc1cc(Cl)ccc1Cl. The summed E-state index contributed by atoms with van der Waals surface area (Å²) in [6.45, 7) is 6.22. The summed E-state index contributed by atoms with van der Waals surface area (Å²) in [6, 6.07) is 5.56. The normalized spacial score (nSPS) is 12.8.